The highest BCUT2D eigenvalue weighted by Gasteiger charge is 2.25. The Bertz CT molecular complexity index is 468. The van der Waals surface area contributed by atoms with Crippen molar-refractivity contribution in [2.75, 3.05) is 7.05 Å². The van der Waals surface area contributed by atoms with Crippen molar-refractivity contribution in [3.05, 3.63) is 35.9 Å². The van der Waals surface area contributed by atoms with E-state index in [1.807, 2.05) is 30.3 Å². The van der Waals surface area contributed by atoms with E-state index in [1.54, 1.807) is 7.05 Å². The van der Waals surface area contributed by atoms with Crippen LogP contribution in [0.4, 0.5) is 4.79 Å². The Labute approximate surface area is 99.1 Å². The first-order valence-electron chi connectivity index (χ1n) is 5.31. The molecule has 5 nitrogen and oxygen atoms in total. The highest BCUT2D eigenvalue weighted by molar-refractivity contribution is 6.15. The molecule has 5 heteroatoms. The van der Waals surface area contributed by atoms with E-state index >= 15 is 0 Å². The molecule has 1 aliphatic heterocycles. The molecule has 1 aromatic rings. The number of aliphatic imine (C=N–C) groups is 1. The molecule has 0 spiro atoms. The topological polar surface area (TPSA) is 61.8 Å². The van der Waals surface area contributed by atoms with Crippen LogP contribution >= 0.6 is 0 Å². The molecule has 2 rings (SSSR count). The van der Waals surface area contributed by atoms with Gasteiger partial charge in [-0.1, -0.05) is 30.3 Å². The molecule has 1 aromatic carbocycles. The summed E-state index contributed by atoms with van der Waals surface area (Å²) >= 11 is 0. The Morgan fingerprint density at radius 3 is 2.71 bits per heavy atom. The van der Waals surface area contributed by atoms with Gasteiger partial charge in [0, 0.05) is 7.05 Å². The molecule has 1 saturated heterocycles. The third kappa shape index (κ3) is 2.69. The van der Waals surface area contributed by atoms with E-state index in [1.165, 1.54) is 4.90 Å². The van der Waals surface area contributed by atoms with Gasteiger partial charge in [0.1, 0.15) is 5.84 Å². The van der Waals surface area contributed by atoms with Crippen LogP contribution in [0, 0.1) is 0 Å². The van der Waals surface area contributed by atoms with Crippen molar-refractivity contribution in [1.29, 1.82) is 0 Å². The number of urea groups is 1. The molecule has 3 amide bonds. The quantitative estimate of drug-likeness (QED) is 0.830. The molecule has 0 aromatic heterocycles. The number of amides is 3. The summed E-state index contributed by atoms with van der Waals surface area (Å²) < 4.78 is 0. The summed E-state index contributed by atoms with van der Waals surface area (Å²) in [6.45, 7) is 0.473. The summed E-state index contributed by atoms with van der Waals surface area (Å²) in [5.41, 5.74) is 1.05. The van der Waals surface area contributed by atoms with Gasteiger partial charge in [-0.3, -0.25) is 20.0 Å². The smallest absolute Gasteiger partial charge is 0.285 e. The van der Waals surface area contributed by atoms with Crippen LogP contribution in [0.2, 0.25) is 0 Å². The molecular weight excluding hydrogens is 218 g/mol. The average molecular weight is 231 g/mol. The predicted octanol–water partition coefficient (Wildman–Crippen LogP) is 1.16. The fourth-order valence-corrected chi connectivity index (χ4v) is 1.55. The number of benzene rings is 1. The van der Waals surface area contributed by atoms with Crippen molar-refractivity contribution < 1.29 is 9.59 Å². The van der Waals surface area contributed by atoms with Crippen molar-refractivity contribution in [2.24, 2.45) is 4.99 Å². The lowest BCUT2D eigenvalue weighted by Gasteiger charge is -2.24. The number of nitrogens with one attached hydrogen (secondary N) is 1. The van der Waals surface area contributed by atoms with E-state index in [0.717, 1.165) is 5.56 Å². The monoisotopic (exact) mass is 231 g/mol. The summed E-state index contributed by atoms with van der Waals surface area (Å²) in [6.07, 6.45) is 0.148. The van der Waals surface area contributed by atoms with Gasteiger partial charge >= 0.3 is 6.03 Å². The number of hydrogen-bond acceptors (Lipinski definition) is 3. The third-order valence-electron chi connectivity index (χ3n) is 2.54. The molecule has 0 unspecified atom stereocenters. The second-order valence-corrected chi connectivity index (χ2v) is 3.81. The molecule has 17 heavy (non-hydrogen) atoms. The molecule has 1 N–H and O–H groups in total. The largest absolute Gasteiger partial charge is 0.329 e. The van der Waals surface area contributed by atoms with Crippen LogP contribution in [0.25, 0.3) is 0 Å². The summed E-state index contributed by atoms with van der Waals surface area (Å²) in [5.74, 6) is 0.197. The van der Waals surface area contributed by atoms with Gasteiger partial charge in [-0.2, -0.15) is 0 Å². The van der Waals surface area contributed by atoms with Crippen LogP contribution in [-0.2, 0) is 11.3 Å². The van der Waals surface area contributed by atoms with Gasteiger partial charge in [0.05, 0.1) is 13.0 Å². The number of rotatable bonds is 2. The number of carbonyl (C=O) groups excluding carboxylic acids is 2. The normalized spacial score (nSPS) is 18.4. The van der Waals surface area contributed by atoms with E-state index in [9.17, 15) is 9.59 Å². The van der Waals surface area contributed by atoms with Crippen molar-refractivity contribution in [3.63, 3.8) is 0 Å². The maximum absolute atomic E-state index is 11.3. The highest BCUT2D eigenvalue weighted by Crippen LogP contribution is 2.06. The minimum Gasteiger partial charge on any atom is -0.285 e. The van der Waals surface area contributed by atoms with Crippen molar-refractivity contribution in [1.82, 2.24) is 10.2 Å². The number of hydrogen-bond donors (Lipinski definition) is 1. The van der Waals surface area contributed by atoms with Crippen LogP contribution in [0.15, 0.2) is 35.3 Å². The maximum Gasteiger partial charge on any atom is 0.329 e. The fraction of sp³-hybridized carbons (Fsp3) is 0.250. The molecule has 1 heterocycles. The van der Waals surface area contributed by atoms with Crippen molar-refractivity contribution in [3.8, 4) is 0 Å². The lowest BCUT2D eigenvalue weighted by Crippen LogP contribution is -2.50. The van der Waals surface area contributed by atoms with E-state index in [-0.39, 0.29) is 12.3 Å². The zero-order chi connectivity index (χ0) is 12.3. The number of imide groups is 1. The summed E-state index contributed by atoms with van der Waals surface area (Å²) in [5, 5.41) is 2.22. The minimum absolute atomic E-state index is 0.148. The summed E-state index contributed by atoms with van der Waals surface area (Å²) in [4.78, 5) is 28.2. The van der Waals surface area contributed by atoms with Crippen LogP contribution in [0.1, 0.15) is 12.0 Å². The second kappa shape index (κ2) is 4.78. The molecule has 0 radical (unpaired) electrons. The molecule has 1 aliphatic rings. The van der Waals surface area contributed by atoms with Gasteiger partial charge in [-0.25, -0.2) is 4.79 Å². The van der Waals surface area contributed by atoms with Crippen LogP contribution in [-0.4, -0.2) is 29.7 Å². The number of carbonyl (C=O) groups is 2. The molecule has 0 atom stereocenters. The zero-order valence-electron chi connectivity index (χ0n) is 9.51. The maximum atomic E-state index is 11.3. The number of amidine groups is 1. The van der Waals surface area contributed by atoms with Crippen LogP contribution in [0.3, 0.4) is 0 Å². The van der Waals surface area contributed by atoms with Crippen LogP contribution in [0.5, 0.6) is 0 Å². The lowest BCUT2D eigenvalue weighted by atomic mass is 10.2. The van der Waals surface area contributed by atoms with Crippen molar-refractivity contribution in [2.45, 2.75) is 13.0 Å². The van der Waals surface area contributed by atoms with Gasteiger partial charge in [0.2, 0.25) is 5.91 Å². The van der Waals surface area contributed by atoms with Gasteiger partial charge in [0.25, 0.3) is 0 Å². The molecule has 1 fully saturated rings. The minimum atomic E-state index is -0.423. The first-order valence-corrected chi connectivity index (χ1v) is 5.31. The van der Waals surface area contributed by atoms with Crippen molar-refractivity contribution >= 4 is 17.8 Å². The molecule has 0 aliphatic carbocycles. The first-order chi connectivity index (χ1) is 8.16. The van der Waals surface area contributed by atoms with Crippen LogP contribution < -0.4 is 5.32 Å². The molecule has 88 valence electrons. The SMILES string of the molecule is CN1C(=O)NC(=O)CC1=NCc1ccccc1. The van der Waals surface area contributed by atoms with E-state index in [4.69, 9.17) is 0 Å². The van der Waals surface area contributed by atoms with Gasteiger partial charge in [-0.05, 0) is 5.56 Å². The Kier molecular flexibility index (Phi) is 3.18. The first kappa shape index (κ1) is 11.3. The zero-order valence-corrected chi connectivity index (χ0v) is 9.51. The molecule has 0 saturated carbocycles. The second-order valence-electron chi connectivity index (χ2n) is 3.81. The Hall–Kier alpha value is -2.17. The number of nitrogens with zero attached hydrogens (tertiary/aromatic N) is 2. The Balaban J connectivity index is 2.10. The Morgan fingerprint density at radius 2 is 2.00 bits per heavy atom. The van der Waals surface area contributed by atoms with Gasteiger partial charge in [-0.15, -0.1) is 0 Å². The van der Waals surface area contributed by atoms with Gasteiger partial charge in [0.15, 0.2) is 0 Å². The third-order valence-corrected chi connectivity index (χ3v) is 2.54. The van der Waals surface area contributed by atoms with E-state index in [0.29, 0.717) is 12.4 Å². The molecular formula is C12H13N3O2. The Morgan fingerprint density at radius 1 is 1.29 bits per heavy atom. The standard InChI is InChI=1S/C12H13N3O2/c1-15-10(7-11(16)14-12(15)17)13-8-9-5-3-2-4-6-9/h2-6H,7-8H2,1H3,(H,14,16,17). The van der Waals surface area contributed by atoms with E-state index in [2.05, 4.69) is 10.3 Å². The lowest BCUT2D eigenvalue weighted by molar-refractivity contribution is -0.119. The highest BCUT2D eigenvalue weighted by atomic mass is 16.2. The van der Waals surface area contributed by atoms with E-state index < -0.39 is 6.03 Å². The fourth-order valence-electron chi connectivity index (χ4n) is 1.55. The summed E-state index contributed by atoms with van der Waals surface area (Å²) in [6, 6.07) is 9.27. The van der Waals surface area contributed by atoms with Gasteiger partial charge < -0.3 is 0 Å². The molecule has 0 bridgehead atoms. The average Bonchev–Trinajstić information content (AvgIpc) is 2.33. The summed E-state index contributed by atoms with van der Waals surface area (Å²) in [7, 11) is 1.60. The predicted molar refractivity (Wildman–Crippen MR) is 63.5 cm³/mol.